The fourth-order valence-corrected chi connectivity index (χ4v) is 4.76. The summed E-state index contributed by atoms with van der Waals surface area (Å²) in [6, 6.07) is 9.91. The molecule has 196 valence electrons. The number of Topliss-reactive ketones (excluding diaryl/α,β-unsaturated/α-hetero) is 1. The molecule has 0 radical (unpaired) electrons. The first-order chi connectivity index (χ1) is 16.8. The van der Waals surface area contributed by atoms with Crippen LogP contribution in [0.4, 0.5) is 5.69 Å². The van der Waals surface area contributed by atoms with Gasteiger partial charge in [-0.15, -0.1) is 0 Å². The molecule has 1 N–H and O–H groups in total. The molecule has 2 rings (SSSR count). The standard InChI is InChI=1S/C25H31Cl2N3O5S/c1-5-6-12-28-25(33)17(2)29(15-20-10-11-21(26)14-23(20)27)24(32)16-30(36(4,34)35)22-9-7-8-19(13-22)18(3)31/h7-11,13-14,17H,5-6,12,15-16H2,1-4H3,(H,28,33)/t17-/m1/s1. The van der Waals surface area contributed by atoms with Crippen molar-refractivity contribution in [1.82, 2.24) is 10.2 Å². The van der Waals surface area contributed by atoms with E-state index in [4.69, 9.17) is 23.2 Å². The fourth-order valence-electron chi connectivity index (χ4n) is 3.45. The van der Waals surface area contributed by atoms with E-state index in [9.17, 15) is 22.8 Å². The molecule has 2 amide bonds. The second-order valence-electron chi connectivity index (χ2n) is 8.45. The number of anilines is 1. The van der Waals surface area contributed by atoms with Gasteiger partial charge in [-0.2, -0.15) is 0 Å². The van der Waals surface area contributed by atoms with Gasteiger partial charge in [-0.1, -0.05) is 54.7 Å². The van der Waals surface area contributed by atoms with Crippen molar-refractivity contribution in [3.8, 4) is 0 Å². The van der Waals surface area contributed by atoms with E-state index in [1.165, 1.54) is 30.0 Å². The SMILES string of the molecule is CCCCNC(=O)[C@@H](C)N(Cc1ccc(Cl)cc1Cl)C(=O)CN(c1cccc(C(C)=O)c1)S(C)(=O)=O. The van der Waals surface area contributed by atoms with Crippen LogP contribution in [-0.4, -0.2) is 56.3 Å². The van der Waals surface area contributed by atoms with Gasteiger partial charge in [0.2, 0.25) is 21.8 Å². The Morgan fingerprint density at radius 1 is 1.08 bits per heavy atom. The van der Waals surface area contributed by atoms with E-state index in [-0.39, 0.29) is 23.9 Å². The van der Waals surface area contributed by atoms with Crippen LogP contribution in [0.2, 0.25) is 10.0 Å². The summed E-state index contributed by atoms with van der Waals surface area (Å²) < 4.78 is 26.2. The van der Waals surface area contributed by atoms with Gasteiger partial charge in [-0.05, 0) is 50.1 Å². The van der Waals surface area contributed by atoms with E-state index in [1.54, 1.807) is 31.2 Å². The largest absolute Gasteiger partial charge is 0.354 e. The molecule has 0 unspecified atom stereocenters. The molecule has 0 aliphatic heterocycles. The summed E-state index contributed by atoms with van der Waals surface area (Å²) in [5, 5.41) is 3.54. The maximum Gasteiger partial charge on any atom is 0.244 e. The molecule has 0 spiro atoms. The minimum atomic E-state index is -3.91. The number of carbonyl (C=O) groups is 3. The number of hydrogen-bond donors (Lipinski definition) is 1. The number of nitrogens with zero attached hydrogens (tertiary/aromatic N) is 2. The first-order valence-electron chi connectivity index (χ1n) is 11.4. The summed E-state index contributed by atoms with van der Waals surface area (Å²) in [7, 11) is -3.91. The van der Waals surface area contributed by atoms with Gasteiger partial charge in [0.15, 0.2) is 5.78 Å². The van der Waals surface area contributed by atoms with Gasteiger partial charge in [0.25, 0.3) is 0 Å². The highest BCUT2D eigenvalue weighted by Gasteiger charge is 2.30. The summed E-state index contributed by atoms with van der Waals surface area (Å²) in [6.45, 7) is 4.78. The molecule has 0 aliphatic carbocycles. The van der Waals surface area contributed by atoms with Crippen LogP contribution in [-0.2, 0) is 26.2 Å². The van der Waals surface area contributed by atoms with E-state index in [0.29, 0.717) is 27.7 Å². The summed E-state index contributed by atoms with van der Waals surface area (Å²) in [6.07, 6.45) is 2.64. The van der Waals surface area contributed by atoms with Crippen LogP contribution in [0.5, 0.6) is 0 Å². The van der Waals surface area contributed by atoms with Crippen LogP contribution in [0, 0.1) is 0 Å². The van der Waals surface area contributed by atoms with Crippen LogP contribution < -0.4 is 9.62 Å². The molecule has 0 saturated carbocycles. The first-order valence-corrected chi connectivity index (χ1v) is 14.0. The number of unbranched alkanes of at least 4 members (excludes halogenated alkanes) is 1. The number of rotatable bonds is 12. The lowest BCUT2D eigenvalue weighted by Gasteiger charge is -2.31. The molecule has 1 atom stereocenters. The molecule has 0 aliphatic rings. The second kappa shape index (κ2) is 13.1. The third kappa shape index (κ3) is 8.21. The summed E-state index contributed by atoms with van der Waals surface area (Å²) in [4.78, 5) is 39.5. The normalized spacial score (nSPS) is 12.1. The van der Waals surface area contributed by atoms with Crippen molar-refractivity contribution in [1.29, 1.82) is 0 Å². The molecule has 0 saturated heterocycles. The molecular weight excluding hydrogens is 525 g/mol. The zero-order valence-corrected chi connectivity index (χ0v) is 23.1. The van der Waals surface area contributed by atoms with Gasteiger partial charge in [0.05, 0.1) is 11.9 Å². The van der Waals surface area contributed by atoms with Gasteiger partial charge in [0, 0.05) is 28.7 Å². The molecule has 8 nitrogen and oxygen atoms in total. The smallest absolute Gasteiger partial charge is 0.244 e. The van der Waals surface area contributed by atoms with Gasteiger partial charge in [0.1, 0.15) is 12.6 Å². The van der Waals surface area contributed by atoms with E-state index >= 15 is 0 Å². The zero-order valence-electron chi connectivity index (χ0n) is 20.8. The van der Waals surface area contributed by atoms with E-state index < -0.39 is 28.5 Å². The van der Waals surface area contributed by atoms with Crippen molar-refractivity contribution in [2.75, 3.05) is 23.7 Å². The van der Waals surface area contributed by atoms with Crippen molar-refractivity contribution in [3.63, 3.8) is 0 Å². The average Bonchev–Trinajstić information content (AvgIpc) is 2.81. The topological polar surface area (TPSA) is 104 Å². The molecule has 2 aromatic carbocycles. The molecular formula is C25H31Cl2N3O5S. The quantitative estimate of drug-likeness (QED) is 0.310. The number of halogens is 2. The number of hydrogen-bond acceptors (Lipinski definition) is 5. The van der Waals surface area contributed by atoms with E-state index in [1.807, 2.05) is 6.92 Å². The maximum absolute atomic E-state index is 13.6. The Morgan fingerprint density at radius 3 is 2.36 bits per heavy atom. The molecule has 0 heterocycles. The van der Waals surface area contributed by atoms with Gasteiger partial charge in [-0.3, -0.25) is 18.7 Å². The highest BCUT2D eigenvalue weighted by atomic mass is 35.5. The Bertz CT molecular complexity index is 1220. The van der Waals surface area contributed by atoms with Crippen LogP contribution in [0.3, 0.4) is 0 Å². The Morgan fingerprint density at radius 2 is 1.78 bits per heavy atom. The molecule has 11 heteroatoms. The number of ketones is 1. The van der Waals surface area contributed by atoms with Crippen molar-refractivity contribution < 1.29 is 22.8 Å². The van der Waals surface area contributed by atoms with Crippen molar-refractivity contribution in [3.05, 3.63) is 63.6 Å². The number of carbonyl (C=O) groups excluding carboxylic acids is 3. The molecule has 0 aromatic heterocycles. The summed E-state index contributed by atoms with van der Waals surface area (Å²) in [5.41, 5.74) is 1.03. The zero-order chi connectivity index (χ0) is 27.0. The highest BCUT2D eigenvalue weighted by molar-refractivity contribution is 7.92. The number of amides is 2. The Balaban J connectivity index is 2.42. The summed E-state index contributed by atoms with van der Waals surface area (Å²) >= 11 is 12.3. The number of sulfonamides is 1. The lowest BCUT2D eigenvalue weighted by atomic mass is 10.1. The van der Waals surface area contributed by atoms with Gasteiger partial charge >= 0.3 is 0 Å². The van der Waals surface area contributed by atoms with Gasteiger partial charge in [-0.25, -0.2) is 8.42 Å². The van der Waals surface area contributed by atoms with Crippen molar-refractivity contribution >= 4 is 56.5 Å². The molecule has 0 bridgehead atoms. The van der Waals surface area contributed by atoms with Crippen LogP contribution in [0.25, 0.3) is 0 Å². The second-order valence-corrected chi connectivity index (χ2v) is 11.2. The Labute approximate surface area is 222 Å². The highest BCUT2D eigenvalue weighted by Crippen LogP contribution is 2.24. The lowest BCUT2D eigenvalue weighted by molar-refractivity contribution is -0.139. The average molecular weight is 557 g/mol. The monoisotopic (exact) mass is 555 g/mol. The predicted octanol–water partition coefficient (Wildman–Crippen LogP) is 4.30. The molecule has 0 fully saturated rings. The Kier molecular flexibility index (Phi) is 10.8. The minimum absolute atomic E-state index is 0.0394. The van der Waals surface area contributed by atoms with Crippen molar-refractivity contribution in [2.45, 2.75) is 46.2 Å². The Hall–Kier alpha value is -2.62. The third-order valence-corrected chi connectivity index (χ3v) is 7.30. The molecule has 36 heavy (non-hydrogen) atoms. The summed E-state index contributed by atoms with van der Waals surface area (Å²) in [5.74, 6) is -1.22. The van der Waals surface area contributed by atoms with Gasteiger partial charge < -0.3 is 10.2 Å². The minimum Gasteiger partial charge on any atom is -0.354 e. The lowest BCUT2D eigenvalue weighted by Crippen LogP contribution is -2.51. The van der Waals surface area contributed by atoms with E-state index in [2.05, 4.69) is 5.32 Å². The van der Waals surface area contributed by atoms with Crippen LogP contribution in [0.1, 0.15) is 49.5 Å². The molecule has 2 aromatic rings. The maximum atomic E-state index is 13.6. The van der Waals surface area contributed by atoms with E-state index in [0.717, 1.165) is 23.4 Å². The first kappa shape index (κ1) is 29.6. The van der Waals surface area contributed by atoms with Crippen molar-refractivity contribution in [2.24, 2.45) is 0 Å². The fraction of sp³-hybridized carbons (Fsp3) is 0.400. The predicted molar refractivity (Wildman–Crippen MR) is 143 cm³/mol. The third-order valence-electron chi connectivity index (χ3n) is 5.57. The van der Waals surface area contributed by atoms with Crippen LogP contribution >= 0.6 is 23.2 Å². The number of nitrogens with one attached hydrogen (secondary N) is 1. The number of benzene rings is 2. The van der Waals surface area contributed by atoms with Crippen LogP contribution in [0.15, 0.2) is 42.5 Å².